The minimum absolute atomic E-state index is 0. The van der Waals surface area contributed by atoms with Crippen LogP contribution in [0.5, 0.6) is 0 Å². The maximum Gasteiger partial charge on any atom is 0.120 e. The first-order valence-electron chi connectivity index (χ1n) is 19.6. The average molecular weight is 893 g/mol. The first-order valence-corrected chi connectivity index (χ1v) is 21.6. The molecule has 6 heteroatoms. The molecule has 5 aromatic carbocycles. The van der Waals surface area contributed by atoms with Gasteiger partial charge in [-0.2, -0.15) is 0 Å². The van der Waals surface area contributed by atoms with Crippen molar-refractivity contribution in [1.29, 1.82) is 0 Å². The number of benzene rings is 5. The summed E-state index contributed by atoms with van der Waals surface area (Å²) in [6.45, 7) is 14.1. The van der Waals surface area contributed by atoms with E-state index in [0.29, 0.717) is 17.5 Å². The zero-order valence-corrected chi connectivity index (χ0v) is 34.8. The quantitative estimate of drug-likeness (QED) is 0.118. The van der Waals surface area contributed by atoms with E-state index in [9.17, 15) is 0 Å². The second kappa shape index (κ2) is 15.8. The van der Waals surface area contributed by atoms with Gasteiger partial charge in [0.2, 0.25) is 0 Å². The smallest absolute Gasteiger partial charge is 0.120 e. The SMILES string of the molecule is CC(C)c1cccc(C(C)C)c1Cn1c(-c2[c-]ccc3c2oc2ccccc23)nc2ccccc21.[2H]C([2H])([2H])c1nc(-c2[c-]cccc2)ccc1[Si](C)(C)C.[Ir]. The zero-order chi connectivity index (χ0) is 39.1. The Morgan fingerprint density at radius 3 is 2.15 bits per heavy atom. The Balaban J connectivity index is 0.000000217. The van der Waals surface area contributed by atoms with Crippen LogP contribution in [-0.2, 0) is 26.7 Å². The van der Waals surface area contributed by atoms with Gasteiger partial charge in [0.25, 0.3) is 0 Å². The van der Waals surface area contributed by atoms with Gasteiger partial charge in [-0.3, -0.25) is 4.98 Å². The number of para-hydroxylation sites is 3. The minimum atomic E-state index is -2.18. The molecule has 0 spiro atoms. The third-order valence-electron chi connectivity index (χ3n) is 9.71. The van der Waals surface area contributed by atoms with E-state index >= 15 is 0 Å². The topological polar surface area (TPSA) is 43.9 Å². The van der Waals surface area contributed by atoms with Crippen LogP contribution >= 0.6 is 0 Å². The molecule has 0 saturated carbocycles. The average Bonchev–Trinajstić information content (AvgIpc) is 3.73. The summed E-state index contributed by atoms with van der Waals surface area (Å²) < 4.78 is 31.9. The molecular formula is C47H47IrN3OSi-2. The largest absolute Gasteiger partial charge is 0.501 e. The van der Waals surface area contributed by atoms with Crippen molar-refractivity contribution in [2.24, 2.45) is 0 Å². The number of fused-ring (bicyclic) bond motifs is 4. The van der Waals surface area contributed by atoms with Crippen LogP contribution in [0.3, 0.4) is 0 Å². The van der Waals surface area contributed by atoms with Crippen molar-refractivity contribution >= 4 is 46.2 Å². The van der Waals surface area contributed by atoms with Gasteiger partial charge in [0.1, 0.15) is 5.58 Å². The summed E-state index contributed by atoms with van der Waals surface area (Å²) in [5.41, 5.74) is 10.6. The van der Waals surface area contributed by atoms with Gasteiger partial charge in [0.15, 0.2) is 0 Å². The number of imidazole rings is 1. The number of aryl methyl sites for hydroxylation is 1. The summed E-state index contributed by atoms with van der Waals surface area (Å²) in [4.78, 5) is 9.54. The predicted octanol–water partition coefficient (Wildman–Crippen LogP) is 12.1. The van der Waals surface area contributed by atoms with Gasteiger partial charge < -0.3 is 14.0 Å². The van der Waals surface area contributed by atoms with E-state index in [1.807, 2.05) is 48.5 Å². The van der Waals surface area contributed by atoms with Crippen LogP contribution in [-0.4, -0.2) is 22.6 Å². The third-order valence-corrected chi connectivity index (χ3v) is 11.7. The van der Waals surface area contributed by atoms with E-state index in [-0.39, 0.29) is 25.8 Å². The molecule has 0 saturated heterocycles. The Morgan fingerprint density at radius 1 is 0.736 bits per heavy atom. The van der Waals surface area contributed by atoms with Crippen molar-refractivity contribution in [2.75, 3.05) is 0 Å². The van der Waals surface area contributed by atoms with Crippen molar-refractivity contribution < 1.29 is 28.6 Å². The second-order valence-electron chi connectivity index (χ2n) is 15.0. The van der Waals surface area contributed by atoms with Crippen molar-refractivity contribution in [3.8, 4) is 22.6 Å². The Morgan fingerprint density at radius 2 is 1.45 bits per heavy atom. The van der Waals surface area contributed by atoms with E-state index < -0.39 is 14.9 Å². The van der Waals surface area contributed by atoms with Gasteiger partial charge >= 0.3 is 0 Å². The molecule has 0 atom stereocenters. The van der Waals surface area contributed by atoms with Crippen molar-refractivity contribution in [3.63, 3.8) is 0 Å². The molecule has 0 unspecified atom stereocenters. The van der Waals surface area contributed by atoms with Crippen molar-refractivity contribution in [3.05, 3.63) is 150 Å². The Bertz CT molecular complexity index is 2590. The molecule has 0 N–H and O–H groups in total. The molecule has 3 heterocycles. The van der Waals surface area contributed by atoms with Crippen LogP contribution in [0.2, 0.25) is 19.6 Å². The number of rotatable bonds is 7. The second-order valence-corrected chi connectivity index (χ2v) is 20.1. The van der Waals surface area contributed by atoms with E-state index in [0.717, 1.165) is 61.7 Å². The molecule has 0 amide bonds. The van der Waals surface area contributed by atoms with Crippen molar-refractivity contribution in [1.82, 2.24) is 14.5 Å². The summed E-state index contributed by atoms with van der Waals surface area (Å²) in [5, 5.41) is 3.11. The van der Waals surface area contributed by atoms with Gasteiger partial charge in [-0.15, -0.1) is 54.1 Å². The molecule has 3 aromatic heterocycles. The number of furan rings is 1. The summed E-state index contributed by atoms with van der Waals surface area (Å²) >= 11 is 0. The fourth-order valence-electron chi connectivity index (χ4n) is 7.10. The van der Waals surface area contributed by atoms with Gasteiger partial charge in [-0.1, -0.05) is 119 Å². The van der Waals surface area contributed by atoms with Gasteiger partial charge in [-0.25, -0.2) is 0 Å². The normalized spacial score (nSPS) is 12.7. The van der Waals surface area contributed by atoms with E-state index in [4.69, 9.17) is 13.5 Å². The van der Waals surface area contributed by atoms with Gasteiger partial charge in [0.05, 0.1) is 30.5 Å². The molecule has 271 valence electrons. The Labute approximate surface area is 332 Å². The first kappa shape index (κ1) is 34.2. The molecule has 0 aliphatic carbocycles. The standard InChI is InChI=1S/C32H29N2O.C15H18NSi.Ir/c1-20(2)22-12-9-13-23(21(3)4)27(22)19-34-29-17-7-6-16-28(29)33-32(34)26-15-10-14-25-24-11-5-8-18-30(24)35-31(25)26;1-12-15(17(2,3)4)11-10-14(16-12)13-8-6-5-7-9-13;/h5-14,16-18,20-21H,19H2,1-4H3;5-8,10-11H,1-4H3;/q2*-1;/i;1D3;. The minimum Gasteiger partial charge on any atom is -0.501 e. The molecular weight excluding hydrogens is 843 g/mol. The van der Waals surface area contributed by atoms with Crippen LogP contribution in [0.25, 0.3) is 55.6 Å². The molecule has 0 bridgehead atoms. The van der Waals surface area contributed by atoms with Gasteiger partial charge in [0, 0.05) is 41.8 Å². The fraction of sp³-hybridized carbons (Fsp3) is 0.234. The van der Waals surface area contributed by atoms with Crippen LogP contribution in [0.1, 0.15) is 66.0 Å². The number of pyridine rings is 1. The Kier molecular flexibility index (Phi) is 10.2. The zero-order valence-electron chi connectivity index (χ0n) is 34.4. The molecule has 8 aromatic rings. The Hall–Kier alpha value is -4.61. The molecule has 8 rings (SSSR count). The maximum absolute atomic E-state index is 7.74. The maximum atomic E-state index is 7.74. The van der Waals surface area contributed by atoms with Crippen molar-refractivity contribution in [2.45, 2.75) is 72.6 Å². The molecule has 0 fully saturated rings. The molecule has 4 nitrogen and oxygen atoms in total. The van der Waals surface area contributed by atoms with E-state index in [1.165, 1.54) is 16.7 Å². The summed E-state index contributed by atoms with van der Waals surface area (Å²) in [6, 6.07) is 45.3. The molecule has 0 aliphatic rings. The first-order chi connectivity index (χ1) is 26.2. The van der Waals surface area contributed by atoms with E-state index in [2.05, 4.69) is 130 Å². The number of hydrogen-bond acceptors (Lipinski definition) is 3. The van der Waals surface area contributed by atoms with Crippen LogP contribution in [0.15, 0.2) is 120 Å². The van der Waals surface area contributed by atoms with Crippen LogP contribution in [0.4, 0.5) is 0 Å². The number of hydrogen-bond donors (Lipinski definition) is 0. The van der Waals surface area contributed by atoms with Crippen LogP contribution in [0, 0.1) is 19.0 Å². The van der Waals surface area contributed by atoms with Crippen LogP contribution < -0.4 is 5.19 Å². The monoisotopic (exact) mass is 893 g/mol. The summed E-state index contributed by atoms with van der Waals surface area (Å²) in [7, 11) is -1.74. The fourth-order valence-corrected chi connectivity index (χ4v) is 8.45. The predicted molar refractivity (Wildman–Crippen MR) is 221 cm³/mol. The number of nitrogens with zero attached hydrogens (tertiary/aromatic N) is 3. The molecule has 53 heavy (non-hydrogen) atoms. The van der Waals surface area contributed by atoms with E-state index in [1.54, 1.807) is 6.07 Å². The summed E-state index contributed by atoms with van der Waals surface area (Å²) in [6.07, 6.45) is 0. The molecule has 1 radical (unpaired) electrons. The molecule has 0 aliphatic heterocycles. The van der Waals surface area contributed by atoms with Gasteiger partial charge in [-0.05, 0) is 64.5 Å². The third kappa shape index (κ3) is 7.73. The number of aromatic nitrogens is 3. The summed E-state index contributed by atoms with van der Waals surface area (Å²) in [5.74, 6) is 1.77.